The fourth-order valence-electron chi connectivity index (χ4n) is 1.84. The molecule has 2 aromatic rings. The number of methoxy groups -OCH3 is 1. The third-order valence-corrected chi connectivity index (χ3v) is 3.38. The number of halogens is 2. The molecular weight excluding hydrogens is 353 g/mol. The molecule has 1 N–H and O–H groups in total. The Bertz CT molecular complexity index is 691. The molecule has 116 valence electrons. The fourth-order valence-corrected chi connectivity index (χ4v) is 2.17. The third kappa shape index (κ3) is 4.21. The van der Waals surface area contributed by atoms with Crippen LogP contribution in [0.1, 0.15) is 5.56 Å². The second-order valence-electron chi connectivity index (χ2n) is 4.62. The van der Waals surface area contributed by atoms with Crippen molar-refractivity contribution in [2.24, 2.45) is 0 Å². The Balaban J connectivity index is 2.00. The predicted molar refractivity (Wildman–Crippen MR) is 86.0 cm³/mol. The normalized spacial score (nSPS) is 10.2. The van der Waals surface area contributed by atoms with Gasteiger partial charge in [-0.3, -0.25) is 4.79 Å². The molecule has 0 aliphatic rings. The molecule has 0 saturated heterocycles. The molecule has 4 nitrogen and oxygen atoms in total. The Hall–Kier alpha value is -2.08. The summed E-state index contributed by atoms with van der Waals surface area (Å²) in [4.78, 5) is 11.9. The number of carbonyl (C=O) groups excluding carboxylic acids is 1. The number of ether oxygens (including phenoxy) is 2. The minimum absolute atomic E-state index is 0.0227. The standard InChI is InChI=1S/C16H15BrFNO3/c1-10-3-5-15(21-2)13(7-10)19-16(20)9-22-14-6-4-11(17)8-12(14)18/h3-8H,9H2,1-2H3,(H,19,20). The maximum absolute atomic E-state index is 13.6. The molecule has 0 aromatic heterocycles. The lowest BCUT2D eigenvalue weighted by Gasteiger charge is -2.12. The molecule has 0 fully saturated rings. The molecular formula is C16H15BrFNO3. The van der Waals surface area contributed by atoms with E-state index in [-0.39, 0.29) is 12.4 Å². The quantitative estimate of drug-likeness (QED) is 0.870. The van der Waals surface area contributed by atoms with E-state index in [0.717, 1.165) is 5.56 Å². The molecule has 6 heteroatoms. The van der Waals surface area contributed by atoms with Gasteiger partial charge in [-0.05, 0) is 42.8 Å². The van der Waals surface area contributed by atoms with E-state index < -0.39 is 11.7 Å². The molecule has 0 unspecified atom stereocenters. The Kier molecular flexibility index (Phi) is 5.38. The van der Waals surface area contributed by atoms with Crippen molar-refractivity contribution in [2.45, 2.75) is 6.92 Å². The van der Waals surface area contributed by atoms with Crippen LogP contribution in [-0.4, -0.2) is 19.6 Å². The molecule has 0 atom stereocenters. The van der Waals surface area contributed by atoms with Gasteiger partial charge in [0.2, 0.25) is 0 Å². The highest BCUT2D eigenvalue weighted by Gasteiger charge is 2.10. The number of rotatable bonds is 5. The minimum atomic E-state index is -0.532. The van der Waals surface area contributed by atoms with Crippen LogP contribution in [0.25, 0.3) is 0 Å². The lowest BCUT2D eigenvalue weighted by atomic mass is 10.2. The van der Waals surface area contributed by atoms with Gasteiger partial charge in [0.1, 0.15) is 5.75 Å². The minimum Gasteiger partial charge on any atom is -0.495 e. The van der Waals surface area contributed by atoms with Crippen molar-refractivity contribution < 1.29 is 18.7 Å². The van der Waals surface area contributed by atoms with E-state index in [1.807, 2.05) is 13.0 Å². The second kappa shape index (κ2) is 7.26. The zero-order valence-corrected chi connectivity index (χ0v) is 13.7. The van der Waals surface area contributed by atoms with Gasteiger partial charge in [-0.15, -0.1) is 0 Å². The largest absolute Gasteiger partial charge is 0.495 e. The van der Waals surface area contributed by atoms with Crippen LogP contribution in [0, 0.1) is 12.7 Å². The average Bonchev–Trinajstić information content (AvgIpc) is 2.46. The maximum Gasteiger partial charge on any atom is 0.262 e. The van der Waals surface area contributed by atoms with E-state index in [1.54, 1.807) is 18.2 Å². The summed E-state index contributed by atoms with van der Waals surface area (Å²) in [5.74, 6) is -0.357. The summed E-state index contributed by atoms with van der Waals surface area (Å²) in [7, 11) is 1.52. The number of anilines is 1. The first-order chi connectivity index (χ1) is 10.5. The first kappa shape index (κ1) is 16.3. The van der Waals surface area contributed by atoms with E-state index in [2.05, 4.69) is 21.2 Å². The average molecular weight is 368 g/mol. The Labute approximate surface area is 136 Å². The van der Waals surface area contributed by atoms with Gasteiger partial charge >= 0.3 is 0 Å². The van der Waals surface area contributed by atoms with Gasteiger partial charge in [-0.25, -0.2) is 4.39 Å². The molecule has 0 radical (unpaired) electrons. The van der Waals surface area contributed by atoms with Crippen LogP contribution in [0.3, 0.4) is 0 Å². The van der Waals surface area contributed by atoms with Gasteiger partial charge in [0.05, 0.1) is 12.8 Å². The number of carbonyl (C=O) groups is 1. The molecule has 0 saturated carbocycles. The molecule has 0 spiro atoms. The zero-order valence-electron chi connectivity index (χ0n) is 12.2. The summed E-state index contributed by atoms with van der Waals surface area (Å²) in [6, 6.07) is 9.80. The summed E-state index contributed by atoms with van der Waals surface area (Å²) in [5.41, 5.74) is 1.53. The van der Waals surface area contributed by atoms with Crippen molar-refractivity contribution in [1.29, 1.82) is 0 Å². The highest BCUT2D eigenvalue weighted by molar-refractivity contribution is 9.10. The van der Waals surface area contributed by atoms with E-state index in [1.165, 1.54) is 19.2 Å². The first-order valence-corrected chi connectivity index (χ1v) is 7.31. The topological polar surface area (TPSA) is 47.6 Å². The fraction of sp³-hybridized carbons (Fsp3) is 0.188. The number of hydrogen-bond acceptors (Lipinski definition) is 3. The van der Waals surface area contributed by atoms with E-state index in [9.17, 15) is 9.18 Å². The van der Waals surface area contributed by atoms with Crippen molar-refractivity contribution in [3.8, 4) is 11.5 Å². The highest BCUT2D eigenvalue weighted by Crippen LogP contribution is 2.25. The van der Waals surface area contributed by atoms with Gasteiger partial charge in [0.15, 0.2) is 18.2 Å². The number of amides is 1. The number of hydrogen-bond donors (Lipinski definition) is 1. The number of nitrogens with one attached hydrogen (secondary N) is 1. The first-order valence-electron chi connectivity index (χ1n) is 6.52. The van der Waals surface area contributed by atoms with Crippen molar-refractivity contribution in [3.63, 3.8) is 0 Å². The molecule has 2 aromatic carbocycles. The molecule has 1 amide bonds. The van der Waals surface area contributed by atoms with Crippen LogP contribution in [0.2, 0.25) is 0 Å². The van der Waals surface area contributed by atoms with Gasteiger partial charge in [-0.1, -0.05) is 22.0 Å². The summed E-state index contributed by atoms with van der Waals surface area (Å²) in [6.07, 6.45) is 0. The molecule has 22 heavy (non-hydrogen) atoms. The molecule has 0 aliphatic heterocycles. The summed E-state index contributed by atoms with van der Waals surface area (Å²) < 4.78 is 24.6. The van der Waals surface area contributed by atoms with Crippen LogP contribution in [0.15, 0.2) is 40.9 Å². The van der Waals surface area contributed by atoms with Crippen molar-refractivity contribution in [1.82, 2.24) is 0 Å². The summed E-state index contributed by atoms with van der Waals surface area (Å²) in [6.45, 7) is 1.61. The number of benzene rings is 2. The SMILES string of the molecule is COc1ccc(C)cc1NC(=O)COc1ccc(Br)cc1F. The van der Waals surface area contributed by atoms with E-state index in [4.69, 9.17) is 9.47 Å². The highest BCUT2D eigenvalue weighted by atomic mass is 79.9. The summed E-state index contributed by atoms with van der Waals surface area (Å²) in [5, 5.41) is 2.68. The zero-order chi connectivity index (χ0) is 16.1. The Morgan fingerprint density at radius 2 is 1.95 bits per heavy atom. The second-order valence-corrected chi connectivity index (χ2v) is 5.53. The van der Waals surface area contributed by atoms with Crippen LogP contribution < -0.4 is 14.8 Å². The van der Waals surface area contributed by atoms with E-state index in [0.29, 0.717) is 15.9 Å². The van der Waals surface area contributed by atoms with Crippen LogP contribution >= 0.6 is 15.9 Å². The summed E-state index contributed by atoms with van der Waals surface area (Å²) >= 11 is 3.15. The van der Waals surface area contributed by atoms with Gasteiger partial charge in [0.25, 0.3) is 5.91 Å². The lowest BCUT2D eigenvalue weighted by molar-refractivity contribution is -0.118. The van der Waals surface area contributed by atoms with Gasteiger partial charge < -0.3 is 14.8 Å². The maximum atomic E-state index is 13.6. The molecule has 0 heterocycles. The van der Waals surface area contributed by atoms with Crippen molar-refractivity contribution in [2.75, 3.05) is 19.0 Å². The predicted octanol–water partition coefficient (Wildman–Crippen LogP) is 3.92. The van der Waals surface area contributed by atoms with Gasteiger partial charge in [-0.2, -0.15) is 0 Å². The lowest BCUT2D eigenvalue weighted by Crippen LogP contribution is -2.20. The molecule has 0 bridgehead atoms. The Morgan fingerprint density at radius 3 is 2.64 bits per heavy atom. The smallest absolute Gasteiger partial charge is 0.262 e. The van der Waals surface area contributed by atoms with Crippen LogP contribution in [0.4, 0.5) is 10.1 Å². The van der Waals surface area contributed by atoms with Gasteiger partial charge in [0, 0.05) is 4.47 Å². The van der Waals surface area contributed by atoms with Crippen LogP contribution in [0.5, 0.6) is 11.5 Å². The van der Waals surface area contributed by atoms with Crippen molar-refractivity contribution >= 4 is 27.5 Å². The van der Waals surface area contributed by atoms with E-state index >= 15 is 0 Å². The Morgan fingerprint density at radius 1 is 1.23 bits per heavy atom. The monoisotopic (exact) mass is 367 g/mol. The molecule has 0 aliphatic carbocycles. The van der Waals surface area contributed by atoms with Crippen LogP contribution in [-0.2, 0) is 4.79 Å². The molecule has 2 rings (SSSR count). The number of aryl methyl sites for hydroxylation is 1. The van der Waals surface area contributed by atoms with Crippen molar-refractivity contribution in [3.05, 3.63) is 52.3 Å². The third-order valence-electron chi connectivity index (χ3n) is 2.88.